The zero-order valence-corrected chi connectivity index (χ0v) is 39.9. The van der Waals surface area contributed by atoms with Crippen LogP contribution in [-0.4, -0.2) is 87.5 Å². The maximum Gasteiger partial charge on any atom is 0.220 e. The molecule has 9 nitrogen and oxygen atoms in total. The minimum atomic E-state index is -1.55. The normalized spacial score (nSPS) is 20.4. The molecule has 0 spiro atoms. The molecular weight excluding hydrogens is 767 g/mol. The van der Waals surface area contributed by atoms with Crippen LogP contribution in [0.2, 0.25) is 0 Å². The summed E-state index contributed by atoms with van der Waals surface area (Å²) in [4.78, 5) is 13.0. The maximum atomic E-state index is 13.0. The lowest BCUT2D eigenvalue weighted by Crippen LogP contribution is -2.60. The third-order valence-electron chi connectivity index (χ3n) is 12.9. The number of unbranched alkanes of at least 4 members (excludes halogenated alkanes) is 33. The fourth-order valence-electron chi connectivity index (χ4n) is 8.63. The molecule has 0 radical (unpaired) electrons. The van der Waals surface area contributed by atoms with Crippen molar-refractivity contribution in [2.45, 2.75) is 301 Å². The number of hydrogen-bond donors (Lipinski definition) is 6. The van der Waals surface area contributed by atoms with Crippen molar-refractivity contribution >= 4 is 5.91 Å². The number of amides is 1. The molecule has 1 amide bonds. The van der Waals surface area contributed by atoms with Gasteiger partial charge in [-0.3, -0.25) is 4.79 Å². The molecule has 0 saturated carbocycles. The lowest BCUT2D eigenvalue weighted by molar-refractivity contribution is -0.302. The molecule has 0 aliphatic carbocycles. The zero-order valence-electron chi connectivity index (χ0n) is 39.9. The summed E-state index contributed by atoms with van der Waals surface area (Å²) in [5.74, 6) is -0.145. The van der Waals surface area contributed by atoms with Gasteiger partial charge in [-0.05, 0) is 38.5 Å². The van der Waals surface area contributed by atoms with Gasteiger partial charge in [0, 0.05) is 6.42 Å². The van der Waals surface area contributed by atoms with Gasteiger partial charge in [0.25, 0.3) is 0 Å². The first-order valence-electron chi connectivity index (χ1n) is 26.4. The molecule has 7 atom stereocenters. The van der Waals surface area contributed by atoms with E-state index < -0.39 is 49.5 Å². The van der Waals surface area contributed by atoms with E-state index in [1.54, 1.807) is 0 Å². The molecule has 9 heteroatoms. The van der Waals surface area contributed by atoms with Crippen LogP contribution in [0.1, 0.15) is 258 Å². The van der Waals surface area contributed by atoms with Gasteiger partial charge in [-0.15, -0.1) is 0 Å². The molecule has 61 heavy (non-hydrogen) atoms. The second kappa shape index (κ2) is 42.9. The first-order chi connectivity index (χ1) is 29.8. The molecule has 1 heterocycles. The lowest BCUT2D eigenvalue weighted by Gasteiger charge is -2.40. The van der Waals surface area contributed by atoms with Crippen molar-refractivity contribution in [1.82, 2.24) is 5.32 Å². The topological polar surface area (TPSA) is 149 Å². The Morgan fingerprint density at radius 1 is 0.541 bits per heavy atom. The monoisotopic (exact) mass is 868 g/mol. The molecule has 6 N–H and O–H groups in total. The summed E-state index contributed by atoms with van der Waals surface area (Å²) in [7, 11) is 0. The quantitative estimate of drug-likeness (QED) is 0.0262. The van der Waals surface area contributed by atoms with E-state index in [4.69, 9.17) is 9.47 Å². The van der Waals surface area contributed by atoms with E-state index in [0.29, 0.717) is 12.8 Å². The summed E-state index contributed by atoms with van der Waals surface area (Å²) in [6.07, 6.45) is 43.7. The standard InChI is InChI=1S/C52H101NO8/c1-3-5-7-9-11-13-15-17-19-21-22-23-24-25-26-28-30-32-34-36-38-40-42-48(56)53-45(44-60-52-51(59)50(58)49(57)47(43-54)61-52)46(55)41-39-37-35-33-31-29-27-20-18-16-14-12-10-8-6-4-2/h24-25,45-47,49-52,54-55,57-59H,3-23,26-44H2,1-2H3,(H,53,56)/b25-24-. The SMILES string of the molecule is CCCCCCCCCCCCC/C=C\CCCCCCCCCC(=O)NC(COC1OC(CO)C(O)C(O)C1O)C(O)CCCCCCCCCCCCCCCCCC. The second-order valence-electron chi connectivity index (χ2n) is 18.7. The highest BCUT2D eigenvalue weighted by Gasteiger charge is 2.44. The predicted molar refractivity (Wildman–Crippen MR) is 254 cm³/mol. The molecule has 1 rings (SSSR count). The number of aliphatic hydroxyl groups excluding tert-OH is 5. The molecule has 0 aromatic carbocycles. The van der Waals surface area contributed by atoms with Gasteiger partial charge in [-0.1, -0.05) is 225 Å². The molecular formula is C52H101NO8. The minimum absolute atomic E-state index is 0.136. The molecule has 0 aromatic heterocycles. The van der Waals surface area contributed by atoms with Crippen LogP contribution in [0.5, 0.6) is 0 Å². The summed E-state index contributed by atoms with van der Waals surface area (Å²) in [6, 6.07) is -0.718. The summed E-state index contributed by atoms with van der Waals surface area (Å²) in [5, 5.41) is 54.5. The van der Waals surface area contributed by atoms with Crippen molar-refractivity contribution in [3.63, 3.8) is 0 Å². The molecule has 1 fully saturated rings. The van der Waals surface area contributed by atoms with Crippen LogP contribution in [0.15, 0.2) is 12.2 Å². The van der Waals surface area contributed by atoms with Crippen LogP contribution in [0.4, 0.5) is 0 Å². The number of rotatable bonds is 45. The molecule has 1 aliphatic rings. The van der Waals surface area contributed by atoms with Crippen molar-refractivity contribution in [3.8, 4) is 0 Å². The van der Waals surface area contributed by atoms with E-state index in [2.05, 4.69) is 31.3 Å². The molecule has 0 bridgehead atoms. The third kappa shape index (κ3) is 33.1. The number of carbonyl (C=O) groups is 1. The van der Waals surface area contributed by atoms with Gasteiger partial charge in [-0.25, -0.2) is 0 Å². The van der Waals surface area contributed by atoms with Crippen LogP contribution >= 0.6 is 0 Å². The Kier molecular flexibility index (Phi) is 40.7. The van der Waals surface area contributed by atoms with E-state index in [0.717, 1.165) is 38.5 Å². The molecule has 7 unspecified atom stereocenters. The van der Waals surface area contributed by atoms with E-state index in [1.165, 1.54) is 193 Å². The van der Waals surface area contributed by atoms with Crippen LogP contribution in [0.25, 0.3) is 0 Å². The summed E-state index contributed by atoms with van der Waals surface area (Å²) in [6.45, 7) is 3.86. The molecule has 362 valence electrons. The summed E-state index contributed by atoms with van der Waals surface area (Å²) in [5.41, 5.74) is 0. The van der Waals surface area contributed by atoms with Crippen LogP contribution in [0, 0.1) is 0 Å². The number of allylic oxidation sites excluding steroid dienone is 2. The highest BCUT2D eigenvalue weighted by molar-refractivity contribution is 5.76. The number of ether oxygens (including phenoxy) is 2. The Bertz CT molecular complexity index is 966. The largest absolute Gasteiger partial charge is 0.394 e. The Balaban J connectivity index is 2.24. The third-order valence-corrected chi connectivity index (χ3v) is 12.9. The van der Waals surface area contributed by atoms with Crippen molar-refractivity contribution in [2.24, 2.45) is 0 Å². The van der Waals surface area contributed by atoms with Crippen LogP contribution < -0.4 is 5.32 Å². The van der Waals surface area contributed by atoms with Crippen molar-refractivity contribution in [3.05, 3.63) is 12.2 Å². The van der Waals surface area contributed by atoms with E-state index in [-0.39, 0.29) is 12.5 Å². The smallest absolute Gasteiger partial charge is 0.220 e. The average molecular weight is 868 g/mol. The Morgan fingerprint density at radius 2 is 0.918 bits per heavy atom. The number of aliphatic hydroxyl groups is 5. The van der Waals surface area contributed by atoms with Gasteiger partial charge in [0.15, 0.2) is 6.29 Å². The van der Waals surface area contributed by atoms with E-state index >= 15 is 0 Å². The van der Waals surface area contributed by atoms with Gasteiger partial charge < -0.3 is 40.3 Å². The Labute approximate surface area is 376 Å². The van der Waals surface area contributed by atoms with Gasteiger partial charge >= 0.3 is 0 Å². The Morgan fingerprint density at radius 3 is 1.33 bits per heavy atom. The first kappa shape index (κ1) is 57.9. The van der Waals surface area contributed by atoms with Gasteiger partial charge in [0.05, 0.1) is 25.4 Å². The van der Waals surface area contributed by atoms with Gasteiger partial charge in [0.2, 0.25) is 5.91 Å². The van der Waals surface area contributed by atoms with Crippen molar-refractivity contribution in [1.29, 1.82) is 0 Å². The van der Waals surface area contributed by atoms with Crippen molar-refractivity contribution < 1.29 is 39.8 Å². The second-order valence-corrected chi connectivity index (χ2v) is 18.7. The van der Waals surface area contributed by atoms with Gasteiger partial charge in [0.1, 0.15) is 24.4 Å². The summed E-state index contributed by atoms with van der Waals surface area (Å²) < 4.78 is 11.3. The predicted octanol–water partition coefficient (Wildman–Crippen LogP) is 12.1. The average Bonchev–Trinajstić information content (AvgIpc) is 3.26. The lowest BCUT2D eigenvalue weighted by atomic mass is 9.99. The van der Waals surface area contributed by atoms with Crippen LogP contribution in [-0.2, 0) is 14.3 Å². The Hall–Kier alpha value is -1.07. The van der Waals surface area contributed by atoms with Crippen LogP contribution in [0.3, 0.4) is 0 Å². The fourth-order valence-corrected chi connectivity index (χ4v) is 8.63. The number of carbonyl (C=O) groups excluding carboxylic acids is 1. The molecule has 0 aromatic rings. The fraction of sp³-hybridized carbons (Fsp3) is 0.942. The first-order valence-corrected chi connectivity index (χ1v) is 26.4. The highest BCUT2D eigenvalue weighted by atomic mass is 16.7. The number of hydrogen-bond acceptors (Lipinski definition) is 8. The van der Waals surface area contributed by atoms with E-state index in [9.17, 15) is 30.3 Å². The molecule has 1 aliphatic heterocycles. The zero-order chi connectivity index (χ0) is 44.4. The van der Waals surface area contributed by atoms with E-state index in [1.807, 2.05) is 0 Å². The minimum Gasteiger partial charge on any atom is -0.394 e. The summed E-state index contributed by atoms with van der Waals surface area (Å²) >= 11 is 0. The van der Waals surface area contributed by atoms with Gasteiger partial charge in [-0.2, -0.15) is 0 Å². The molecule has 1 saturated heterocycles. The maximum absolute atomic E-state index is 13.0. The highest BCUT2D eigenvalue weighted by Crippen LogP contribution is 2.23. The number of nitrogens with one attached hydrogen (secondary N) is 1. The van der Waals surface area contributed by atoms with Crippen molar-refractivity contribution in [2.75, 3.05) is 13.2 Å².